The molecule has 0 spiro atoms. The van der Waals surface area contributed by atoms with E-state index in [9.17, 15) is 19.2 Å². The van der Waals surface area contributed by atoms with Crippen LogP contribution in [0.25, 0.3) is 0 Å². The Morgan fingerprint density at radius 1 is 1.32 bits per heavy atom. The van der Waals surface area contributed by atoms with Gasteiger partial charge in [0, 0.05) is 48.9 Å². The van der Waals surface area contributed by atoms with E-state index in [1.165, 1.54) is 6.33 Å². The maximum Gasteiger partial charge on any atom is 0.422 e. The quantitative estimate of drug-likeness (QED) is 0.621. The van der Waals surface area contributed by atoms with Gasteiger partial charge in [-0.15, -0.1) is 0 Å². The summed E-state index contributed by atoms with van der Waals surface area (Å²) in [6.45, 7) is 5.47. The summed E-state index contributed by atoms with van der Waals surface area (Å²) < 4.78 is -0.807. The van der Waals surface area contributed by atoms with Crippen molar-refractivity contribution in [2.45, 2.75) is 58.0 Å². The first-order valence-corrected chi connectivity index (χ1v) is 9.49. The summed E-state index contributed by atoms with van der Waals surface area (Å²) in [4.78, 5) is 58.0. The number of ketones is 2. The fourth-order valence-electron chi connectivity index (χ4n) is 4.80. The number of quaternary nitrogens is 1. The maximum atomic E-state index is 13.5. The van der Waals surface area contributed by atoms with Crippen LogP contribution in [-0.4, -0.2) is 56.1 Å². The van der Waals surface area contributed by atoms with Crippen LogP contribution in [-0.2, 0) is 20.8 Å². The summed E-state index contributed by atoms with van der Waals surface area (Å²) in [5.41, 5.74) is 10.6. The van der Waals surface area contributed by atoms with Crippen LogP contribution in [0.3, 0.4) is 0 Å². The van der Waals surface area contributed by atoms with Gasteiger partial charge < -0.3 is 16.5 Å². The van der Waals surface area contributed by atoms with Crippen molar-refractivity contribution < 1.29 is 23.7 Å². The molecule has 152 valence electrons. The van der Waals surface area contributed by atoms with Crippen LogP contribution in [0.1, 0.15) is 45.7 Å². The van der Waals surface area contributed by atoms with E-state index >= 15 is 0 Å². The molecule has 9 nitrogen and oxygen atoms in total. The number of imidazole rings is 1. The lowest BCUT2D eigenvalue weighted by atomic mass is 9.64. The van der Waals surface area contributed by atoms with Crippen LogP contribution >= 0.6 is 0 Å². The van der Waals surface area contributed by atoms with Crippen molar-refractivity contribution in [2.75, 3.05) is 6.54 Å². The van der Waals surface area contributed by atoms with Gasteiger partial charge in [-0.2, -0.15) is 4.48 Å². The number of hydrogen-bond donors (Lipinski definition) is 3. The fourth-order valence-corrected chi connectivity index (χ4v) is 4.80. The van der Waals surface area contributed by atoms with Crippen molar-refractivity contribution in [1.82, 2.24) is 9.97 Å². The zero-order valence-corrected chi connectivity index (χ0v) is 16.5. The minimum absolute atomic E-state index is 0.0113. The van der Waals surface area contributed by atoms with E-state index in [0.717, 1.165) is 0 Å². The number of nitrogens with two attached hydrogens (primary N) is 2. The zero-order valence-electron chi connectivity index (χ0n) is 16.5. The molecule has 1 saturated carbocycles. The second kappa shape index (κ2) is 6.59. The normalized spacial score (nSPS) is 30.6. The van der Waals surface area contributed by atoms with Crippen molar-refractivity contribution in [3.8, 4) is 0 Å². The first-order valence-electron chi connectivity index (χ1n) is 9.49. The van der Waals surface area contributed by atoms with Gasteiger partial charge in [-0.3, -0.25) is 9.59 Å². The smallest absolute Gasteiger partial charge is 0.348 e. The number of H-pyrrole nitrogens is 1. The Labute approximate surface area is 163 Å². The topological polar surface area (TPSA) is 149 Å². The van der Waals surface area contributed by atoms with E-state index in [1.54, 1.807) is 13.1 Å². The molecule has 1 aliphatic heterocycles. The van der Waals surface area contributed by atoms with E-state index in [0.29, 0.717) is 12.1 Å². The molecule has 3 amide bonds. The summed E-state index contributed by atoms with van der Waals surface area (Å²) in [5.74, 6) is -1.30. The number of rotatable bonds is 5. The molecule has 1 aromatic heterocycles. The molecular formula is C19H28N5O4+. The number of nitrogens with zero attached hydrogens (tertiary/aromatic N) is 2. The summed E-state index contributed by atoms with van der Waals surface area (Å²) in [5, 5.41) is 0. The molecule has 2 heterocycles. The van der Waals surface area contributed by atoms with Crippen molar-refractivity contribution in [2.24, 2.45) is 22.8 Å². The lowest BCUT2D eigenvalue weighted by Gasteiger charge is -2.48. The van der Waals surface area contributed by atoms with Crippen molar-refractivity contribution in [3.05, 3.63) is 18.2 Å². The average Bonchev–Trinajstić information content (AvgIpc) is 3.17. The second-order valence-electron chi connectivity index (χ2n) is 8.81. The highest BCUT2D eigenvalue weighted by atomic mass is 16.2. The third-order valence-electron chi connectivity index (χ3n) is 7.02. The third-order valence-corrected chi connectivity index (χ3v) is 7.02. The number of likely N-dealkylation sites (tertiary alicyclic amines) is 1. The molecule has 0 bridgehead atoms. The number of carbonyl (C=O) groups is 4. The van der Waals surface area contributed by atoms with E-state index in [1.807, 2.05) is 13.8 Å². The summed E-state index contributed by atoms with van der Waals surface area (Å²) >= 11 is 0. The number of nitrogens with one attached hydrogen (secondary N) is 1. The summed E-state index contributed by atoms with van der Waals surface area (Å²) in [7, 11) is 0. The number of hydrogen-bond acceptors (Lipinski definition) is 6. The summed E-state index contributed by atoms with van der Waals surface area (Å²) in [6.07, 6.45) is 3.94. The van der Waals surface area contributed by atoms with Gasteiger partial charge in [-0.1, -0.05) is 13.8 Å². The Bertz CT molecular complexity index is 825. The van der Waals surface area contributed by atoms with Gasteiger partial charge in [0.05, 0.1) is 12.9 Å². The highest BCUT2D eigenvalue weighted by Gasteiger charge is 2.74. The first-order chi connectivity index (χ1) is 13.0. The Balaban J connectivity index is 2.03. The number of primary amides is 1. The number of Topliss-reactive ketones (excluding diaryl/α,β-unsaturated/α-hetero) is 2. The van der Waals surface area contributed by atoms with Gasteiger partial charge in [0.15, 0.2) is 11.3 Å². The molecule has 3 atom stereocenters. The van der Waals surface area contributed by atoms with Gasteiger partial charge in [-0.05, 0) is 6.92 Å². The van der Waals surface area contributed by atoms with Gasteiger partial charge in [0.1, 0.15) is 11.8 Å². The zero-order chi connectivity index (χ0) is 20.9. The highest BCUT2D eigenvalue weighted by molar-refractivity contribution is 6.03. The van der Waals surface area contributed by atoms with E-state index < -0.39 is 39.3 Å². The SMILES string of the molecule is CC1(C)CC[N+](C(N)=O)(C(=O)[C@@H](N)Cc2cnc[nH]2)[C@@]1(C)C(=O)C1CC(=O)C1. The molecule has 1 unspecified atom stereocenters. The van der Waals surface area contributed by atoms with Crippen LogP contribution in [0.5, 0.6) is 0 Å². The van der Waals surface area contributed by atoms with Crippen LogP contribution in [0.2, 0.25) is 0 Å². The lowest BCUT2D eigenvalue weighted by molar-refractivity contribution is -0.807. The van der Waals surface area contributed by atoms with E-state index in [4.69, 9.17) is 11.5 Å². The van der Waals surface area contributed by atoms with Gasteiger partial charge in [0.2, 0.25) is 0 Å². The molecule has 1 aliphatic carbocycles. The number of aromatic nitrogens is 2. The maximum absolute atomic E-state index is 13.5. The minimum atomic E-state index is -1.38. The third kappa shape index (κ3) is 2.64. The fraction of sp³-hybridized carbons (Fsp3) is 0.632. The largest absolute Gasteiger partial charge is 0.422 e. The molecular weight excluding hydrogens is 362 g/mol. The number of urea groups is 1. The lowest BCUT2D eigenvalue weighted by Crippen LogP contribution is -2.76. The molecule has 1 saturated heterocycles. The predicted octanol–water partition coefficient (Wildman–Crippen LogP) is 0.438. The Kier molecular flexibility index (Phi) is 4.79. The van der Waals surface area contributed by atoms with Crippen LogP contribution in [0.15, 0.2) is 12.5 Å². The number of aromatic amines is 1. The standard InChI is InChI=1S/C19H27N5O4/c1-18(2)4-5-24(17(21)28,16(27)14(20)8-12-9-22-10-23-12)19(18,3)15(26)11-6-13(25)7-11/h9-11,14H,4-8,20H2,1-3H3,(H2-,21,22,23,28)/p+1/t14-,19-,24?/m0/s1. The Morgan fingerprint density at radius 3 is 2.46 bits per heavy atom. The molecule has 28 heavy (non-hydrogen) atoms. The van der Waals surface area contributed by atoms with Crippen LogP contribution in [0.4, 0.5) is 4.79 Å². The van der Waals surface area contributed by atoms with Gasteiger partial charge in [0.25, 0.3) is 0 Å². The van der Waals surface area contributed by atoms with Gasteiger partial charge >= 0.3 is 11.9 Å². The number of carbonyl (C=O) groups excluding carboxylic acids is 4. The van der Waals surface area contributed by atoms with Crippen LogP contribution in [0, 0.1) is 11.3 Å². The molecule has 2 fully saturated rings. The molecule has 0 radical (unpaired) electrons. The molecule has 2 aliphatic rings. The molecule has 3 rings (SSSR count). The minimum Gasteiger partial charge on any atom is -0.348 e. The number of amides is 3. The molecule has 5 N–H and O–H groups in total. The first kappa shape index (κ1) is 20.3. The second-order valence-corrected chi connectivity index (χ2v) is 8.81. The predicted molar refractivity (Wildman–Crippen MR) is 99.5 cm³/mol. The highest BCUT2D eigenvalue weighted by Crippen LogP contribution is 2.53. The summed E-state index contributed by atoms with van der Waals surface area (Å²) in [6, 6.07) is -1.91. The van der Waals surface area contributed by atoms with E-state index in [2.05, 4.69) is 9.97 Å². The van der Waals surface area contributed by atoms with Crippen molar-refractivity contribution in [3.63, 3.8) is 0 Å². The average molecular weight is 390 g/mol. The number of imide groups is 1. The Morgan fingerprint density at radius 2 is 1.96 bits per heavy atom. The molecule has 9 heteroatoms. The van der Waals surface area contributed by atoms with Crippen LogP contribution < -0.4 is 11.5 Å². The monoisotopic (exact) mass is 390 g/mol. The van der Waals surface area contributed by atoms with Crippen molar-refractivity contribution >= 4 is 23.5 Å². The molecule has 0 aromatic carbocycles. The van der Waals surface area contributed by atoms with Crippen molar-refractivity contribution in [1.29, 1.82) is 0 Å². The molecule has 1 aromatic rings. The van der Waals surface area contributed by atoms with E-state index in [-0.39, 0.29) is 37.4 Å². The van der Waals surface area contributed by atoms with Gasteiger partial charge in [-0.25, -0.2) is 14.6 Å². The Hall–Kier alpha value is -2.39.